The molecule has 1 fully saturated rings. The third-order valence-electron chi connectivity index (χ3n) is 9.55. The predicted octanol–water partition coefficient (Wildman–Crippen LogP) is 9.41. The lowest BCUT2D eigenvalue weighted by Gasteiger charge is -2.35. The second kappa shape index (κ2) is 16.3. The summed E-state index contributed by atoms with van der Waals surface area (Å²) in [5.74, 6) is 0.0439. The van der Waals surface area contributed by atoms with Gasteiger partial charge in [0.2, 0.25) is 0 Å². The summed E-state index contributed by atoms with van der Waals surface area (Å²) in [5.41, 5.74) is 4.84. The first-order chi connectivity index (χ1) is 21.3. The Hall–Kier alpha value is -3.61. The molecule has 2 rings (SSSR count). The van der Waals surface area contributed by atoms with Crippen molar-refractivity contribution in [1.82, 2.24) is 0 Å². The van der Waals surface area contributed by atoms with Crippen LogP contribution in [0.3, 0.4) is 0 Å². The van der Waals surface area contributed by atoms with Gasteiger partial charge in [0.15, 0.2) is 5.78 Å². The van der Waals surface area contributed by atoms with Gasteiger partial charge in [-0.15, -0.1) is 0 Å². The van der Waals surface area contributed by atoms with Crippen molar-refractivity contribution in [3.8, 4) is 0 Å². The molecule has 0 heterocycles. The van der Waals surface area contributed by atoms with E-state index in [9.17, 15) is 25.1 Å². The lowest BCUT2D eigenvalue weighted by molar-refractivity contribution is -0.420. The Morgan fingerprint density at radius 2 is 1.35 bits per heavy atom. The Bertz CT molecular complexity index is 1470. The van der Waals surface area contributed by atoms with Gasteiger partial charge in [-0.3, -0.25) is 14.9 Å². The molecular weight excluding hydrogens is 574 g/mol. The normalized spacial score (nSPS) is 26.8. The maximum absolute atomic E-state index is 13.0. The van der Waals surface area contributed by atoms with Crippen molar-refractivity contribution in [2.24, 2.45) is 16.2 Å². The van der Waals surface area contributed by atoms with E-state index in [0.29, 0.717) is 31.3 Å². The van der Waals surface area contributed by atoms with E-state index in [4.69, 9.17) is 0 Å². The summed E-state index contributed by atoms with van der Waals surface area (Å²) in [5, 5.41) is 32.0. The molecule has 6 heteroatoms. The summed E-state index contributed by atoms with van der Waals surface area (Å²) >= 11 is 0. The third-order valence-corrected chi connectivity index (χ3v) is 9.55. The molecule has 6 nitrogen and oxygen atoms in total. The van der Waals surface area contributed by atoms with Crippen LogP contribution in [0.1, 0.15) is 94.9 Å². The lowest BCUT2D eigenvalue weighted by atomic mass is 9.66. The van der Waals surface area contributed by atoms with Crippen LogP contribution in [0.15, 0.2) is 118 Å². The van der Waals surface area contributed by atoms with Crippen molar-refractivity contribution in [2.75, 3.05) is 0 Å². The zero-order chi connectivity index (χ0) is 34.9. The Kier molecular flexibility index (Phi) is 13.7. The number of allylic oxidation sites excluding steroid dienone is 18. The van der Waals surface area contributed by atoms with Crippen LogP contribution < -0.4 is 0 Å². The van der Waals surface area contributed by atoms with Crippen LogP contribution in [0.25, 0.3) is 0 Å². The average Bonchev–Trinajstić information content (AvgIpc) is 3.14. The average molecular weight is 630 g/mol. The number of carbonyl (C=O) groups is 1. The molecule has 0 aliphatic heterocycles. The molecule has 0 bridgehead atoms. The van der Waals surface area contributed by atoms with Crippen LogP contribution in [0.5, 0.6) is 0 Å². The minimum atomic E-state index is -0.573. The van der Waals surface area contributed by atoms with E-state index in [-0.39, 0.29) is 33.3 Å². The molecule has 0 radical (unpaired) electrons. The Balaban J connectivity index is 2.04. The largest absolute Gasteiger partial charge is 0.393 e. The zero-order valence-electron chi connectivity index (χ0n) is 29.6. The summed E-state index contributed by atoms with van der Waals surface area (Å²) in [4.78, 5) is 24.4. The van der Waals surface area contributed by atoms with E-state index >= 15 is 0 Å². The van der Waals surface area contributed by atoms with Gasteiger partial charge in [0.25, 0.3) is 5.70 Å². The number of aliphatic hydroxyl groups is 2. The van der Waals surface area contributed by atoms with Crippen LogP contribution in [-0.2, 0) is 4.79 Å². The molecule has 3 atom stereocenters. The van der Waals surface area contributed by atoms with Gasteiger partial charge in [-0.2, -0.15) is 0 Å². The number of hydrogen-bond acceptors (Lipinski definition) is 5. The van der Waals surface area contributed by atoms with Gasteiger partial charge in [-0.05, 0) is 82.8 Å². The number of nitro groups is 1. The van der Waals surface area contributed by atoms with E-state index < -0.39 is 11.5 Å². The predicted molar refractivity (Wildman–Crippen MR) is 191 cm³/mol. The van der Waals surface area contributed by atoms with Crippen molar-refractivity contribution < 1.29 is 19.9 Å². The molecule has 0 saturated heterocycles. The molecule has 1 saturated carbocycles. The van der Waals surface area contributed by atoms with Gasteiger partial charge in [-0.25, -0.2) is 0 Å². The summed E-state index contributed by atoms with van der Waals surface area (Å²) < 4.78 is 0. The van der Waals surface area contributed by atoms with Crippen LogP contribution in [0.4, 0.5) is 0 Å². The fourth-order valence-electron chi connectivity index (χ4n) is 6.41. The van der Waals surface area contributed by atoms with Crippen LogP contribution >= 0.6 is 0 Å². The highest BCUT2D eigenvalue weighted by Crippen LogP contribution is 2.53. The summed E-state index contributed by atoms with van der Waals surface area (Å²) in [6.07, 6.45) is 25.6. The maximum atomic E-state index is 13.0. The molecule has 0 aromatic rings. The number of rotatable bonds is 12. The molecule has 0 aromatic heterocycles. The highest BCUT2D eigenvalue weighted by atomic mass is 16.6. The third kappa shape index (κ3) is 10.7. The smallest absolute Gasteiger partial charge is 0.272 e. The maximum Gasteiger partial charge on any atom is 0.272 e. The number of ketones is 1. The van der Waals surface area contributed by atoms with E-state index in [1.165, 1.54) is 17.2 Å². The number of carbonyl (C=O) groups excluding carboxylic acids is 1. The first-order valence-corrected chi connectivity index (χ1v) is 16.2. The van der Waals surface area contributed by atoms with Crippen LogP contribution in [0, 0.1) is 26.4 Å². The van der Waals surface area contributed by atoms with E-state index in [0.717, 1.165) is 16.7 Å². The topological polar surface area (TPSA) is 101 Å². The summed E-state index contributed by atoms with van der Waals surface area (Å²) in [7, 11) is 0. The molecule has 0 spiro atoms. The van der Waals surface area contributed by atoms with Crippen LogP contribution in [0.2, 0.25) is 0 Å². The standard InChI is InChI=1S/C40H55NO5/c1-28(15-13-16-29(2)20-23-37(44)40(10)27-34(43)26-39(40,8)9)14-11-12-17-31(4)36(41(45)46)22-19-30(3)18-21-35-32(5)24-33(42)25-38(35,6)7/h11-23,33-34,42-43H,24-27H2,1-10H3/b12-11+,15-13+,21-18+,23-20+,28-14+,29-16+,30-19+,31-17+,36-22-/t33-,34+,40+/m1/s1. The van der Waals surface area contributed by atoms with Crippen molar-refractivity contribution in [1.29, 1.82) is 0 Å². The minimum Gasteiger partial charge on any atom is -0.393 e. The fourth-order valence-corrected chi connectivity index (χ4v) is 6.41. The molecule has 250 valence electrons. The van der Waals surface area contributed by atoms with Crippen molar-refractivity contribution >= 4 is 5.78 Å². The number of hydrogen-bond donors (Lipinski definition) is 2. The highest BCUT2D eigenvalue weighted by molar-refractivity contribution is 5.95. The van der Waals surface area contributed by atoms with Gasteiger partial charge < -0.3 is 10.2 Å². The molecular formula is C40H55NO5. The fraction of sp³-hybridized carbons (Fsp3) is 0.475. The van der Waals surface area contributed by atoms with Crippen LogP contribution in [-0.4, -0.2) is 33.1 Å². The van der Waals surface area contributed by atoms with Gasteiger partial charge in [0.1, 0.15) is 0 Å². The summed E-state index contributed by atoms with van der Waals surface area (Å²) in [6.45, 7) is 19.9. The van der Waals surface area contributed by atoms with E-state index in [2.05, 4.69) is 26.8 Å². The van der Waals surface area contributed by atoms with Gasteiger partial charge in [0.05, 0.1) is 17.1 Å². The summed E-state index contributed by atoms with van der Waals surface area (Å²) in [6, 6.07) is 0. The Labute approximate surface area is 276 Å². The number of aliphatic hydroxyl groups excluding tert-OH is 2. The van der Waals surface area contributed by atoms with Gasteiger partial charge in [-0.1, -0.05) is 124 Å². The van der Waals surface area contributed by atoms with E-state index in [1.54, 1.807) is 31.2 Å². The van der Waals surface area contributed by atoms with Crippen molar-refractivity contribution in [3.63, 3.8) is 0 Å². The Morgan fingerprint density at radius 1 is 0.761 bits per heavy atom. The molecule has 0 unspecified atom stereocenters. The second-order valence-electron chi connectivity index (χ2n) is 14.6. The number of nitrogens with zero attached hydrogens (tertiary/aromatic N) is 1. The highest BCUT2D eigenvalue weighted by Gasteiger charge is 2.52. The quantitative estimate of drug-likeness (QED) is 0.0969. The SMILES string of the molecule is CC1=C(/C=C/C(C)=C/C=C(/C(C)=C/C=C/C=C(C)/C=C/C=C(C)/C=C/C(=O)[C@]2(C)C[C@@H](O)CC2(C)C)[N+](=O)[O-])C(C)(C)C[C@H](O)C1. The van der Waals surface area contributed by atoms with Gasteiger partial charge >= 0.3 is 0 Å². The first-order valence-electron chi connectivity index (χ1n) is 16.2. The zero-order valence-corrected chi connectivity index (χ0v) is 29.6. The Morgan fingerprint density at radius 3 is 1.93 bits per heavy atom. The first kappa shape index (κ1) is 38.6. The lowest BCUT2D eigenvalue weighted by Crippen LogP contribution is -2.36. The van der Waals surface area contributed by atoms with Crippen molar-refractivity contribution in [2.45, 2.75) is 107 Å². The molecule has 2 N–H and O–H groups in total. The van der Waals surface area contributed by atoms with E-state index in [1.807, 2.05) is 84.1 Å². The molecule has 46 heavy (non-hydrogen) atoms. The minimum absolute atomic E-state index is 0.0309. The molecule has 0 aromatic carbocycles. The second-order valence-corrected chi connectivity index (χ2v) is 14.6. The molecule has 0 amide bonds. The monoisotopic (exact) mass is 629 g/mol. The van der Waals surface area contributed by atoms with Gasteiger partial charge in [0, 0.05) is 17.1 Å². The molecule has 2 aliphatic rings. The van der Waals surface area contributed by atoms with Crippen molar-refractivity contribution in [3.05, 3.63) is 128 Å². The molecule has 2 aliphatic carbocycles.